The van der Waals surface area contributed by atoms with Crippen LogP contribution in [0.2, 0.25) is 0 Å². The fourth-order valence-electron chi connectivity index (χ4n) is 8.39. The number of fused-ring (bicyclic) bond motifs is 2. The van der Waals surface area contributed by atoms with Gasteiger partial charge in [-0.05, 0) is 73.5 Å². The highest BCUT2D eigenvalue weighted by molar-refractivity contribution is 5.87. The number of furan rings is 1. The van der Waals surface area contributed by atoms with Gasteiger partial charge in [0.2, 0.25) is 0 Å². The summed E-state index contributed by atoms with van der Waals surface area (Å²) in [7, 11) is 0. The molecule has 0 amide bonds. The Morgan fingerprint density at radius 2 is 1.98 bits per heavy atom. The van der Waals surface area contributed by atoms with Gasteiger partial charge in [0.05, 0.1) is 31.2 Å². The van der Waals surface area contributed by atoms with Crippen LogP contribution in [-0.2, 0) is 33.3 Å². The number of aliphatic hydroxyl groups is 2. The topological polar surface area (TPSA) is 134 Å². The van der Waals surface area contributed by atoms with Crippen LogP contribution < -0.4 is 0 Å². The van der Waals surface area contributed by atoms with Crippen molar-refractivity contribution in [1.29, 1.82) is 0 Å². The Bertz CT molecular complexity index is 1570. The quantitative estimate of drug-likeness (QED) is 0.202. The number of hydrogen-bond donors (Lipinski definition) is 2. The predicted molar refractivity (Wildman–Crippen MR) is 190 cm³/mol. The highest BCUT2D eigenvalue weighted by Gasteiger charge is 2.61. The van der Waals surface area contributed by atoms with Crippen LogP contribution in [0.25, 0.3) is 6.08 Å². The molecule has 10 heteroatoms. The molecular formula is C41H54O10. The zero-order chi connectivity index (χ0) is 36.5. The minimum atomic E-state index is -1.87. The molecule has 5 aliphatic rings. The van der Waals surface area contributed by atoms with Gasteiger partial charge in [-0.3, -0.25) is 4.79 Å². The van der Waals surface area contributed by atoms with Crippen molar-refractivity contribution in [2.45, 2.75) is 128 Å². The van der Waals surface area contributed by atoms with E-state index in [2.05, 4.69) is 20.8 Å². The SMILES string of the molecule is CC[C@H](C)[C@H]1O[C@]2(CC[C@@H]1C)C[C@@H]1C[C@@H](C/C=C(\C)[C@@H](O)[C@@H](C)/C=C/C=C3\CO[C@@H]4[C@H](OC(=O)/C=C/c5ccco5)C(C)=C[C@@H](C(=O)O1)[C@]34O)O2. The molecule has 1 aliphatic carbocycles. The smallest absolute Gasteiger partial charge is 0.331 e. The van der Waals surface area contributed by atoms with E-state index in [9.17, 15) is 19.8 Å². The number of carbonyl (C=O) groups is 2. The van der Waals surface area contributed by atoms with Gasteiger partial charge in [-0.15, -0.1) is 0 Å². The van der Waals surface area contributed by atoms with Crippen molar-refractivity contribution < 1.29 is 47.9 Å². The van der Waals surface area contributed by atoms with Gasteiger partial charge in [0, 0.05) is 31.3 Å². The van der Waals surface area contributed by atoms with Gasteiger partial charge in [-0.25, -0.2) is 4.79 Å². The third kappa shape index (κ3) is 7.76. The van der Waals surface area contributed by atoms with Gasteiger partial charge in [-0.2, -0.15) is 0 Å². The standard InChI is InChI=1S/C41H54O10/c1-7-24(2)36-27(5)17-18-40(51-36)22-32-21-31(50-40)14-13-26(4)35(43)25(3)10-8-11-29-23-47-38-37(49-34(42)16-15-30-12-9-19-46-30)28(6)20-33(39(44)48-32)41(29,38)45/h8-13,15-16,19-20,24-25,27,31-33,35-38,43,45H,7,14,17-18,21-23H2,1-6H3/b10-8+,16-15+,26-13+,29-11+/t24-,25-,27-,31+,32-,33-,35-,36+,37+,38+,40+,41+/m0/s1. The van der Waals surface area contributed by atoms with Gasteiger partial charge >= 0.3 is 11.9 Å². The first-order chi connectivity index (χ1) is 24.3. The molecule has 4 aliphatic heterocycles. The van der Waals surface area contributed by atoms with Crippen molar-refractivity contribution in [3.8, 4) is 0 Å². The van der Waals surface area contributed by atoms with Crippen LogP contribution >= 0.6 is 0 Å². The van der Waals surface area contributed by atoms with E-state index in [1.54, 1.807) is 37.3 Å². The van der Waals surface area contributed by atoms with Crippen LogP contribution in [0.5, 0.6) is 0 Å². The summed E-state index contributed by atoms with van der Waals surface area (Å²) in [5, 5.41) is 23.8. The van der Waals surface area contributed by atoms with E-state index in [1.807, 2.05) is 26.0 Å². The fourth-order valence-corrected chi connectivity index (χ4v) is 8.39. The third-order valence-electron chi connectivity index (χ3n) is 11.6. The number of ether oxygens (including phenoxy) is 5. The molecule has 0 radical (unpaired) electrons. The predicted octanol–water partition coefficient (Wildman–Crippen LogP) is 6.39. The zero-order valence-corrected chi connectivity index (χ0v) is 30.7. The molecule has 51 heavy (non-hydrogen) atoms. The summed E-state index contributed by atoms with van der Waals surface area (Å²) in [5.74, 6) is -2.34. The molecule has 5 heterocycles. The lowest BCUT2D eigenvalue weighted by molar-refractivity contribution is -0.340. The lowest BCUT2D eigenvalue weighted by Crippen LogP contribution is -2.59. The molecule has 3 saturated heterocycles. The zero-order valence-electron chi connectivity index (χ0n) is 30.7. The summed E-state index contributed by atoms with van der Waals surface area (Å²) in [4.78, 5) is 27.4. The minimum Gasteiger partial charge on any atom is -0.465 e. The van der Waals surface area contributed by atoms with Gasteiger partial charge in [0.25, 0.3) is 0 Å². The fraction of sp³-hybridized carbons (Fsp3) is 0.610. The van der Waals surface area contributed by atoms with Crippen molar-refractivity contribution in [2.75, 3.05) is 6.61 Å². The highest BCUT2D eigenvalue weighted by Crippen LogP contribution is 2.48. The maximum Gasteiger partial charge on any atom is 0.331 e. The van der Waals surface area contributed by atoms with Crippen LogP contribution in [0.4, 0.5) is 0 Å². The number of rotatable bonds is 5. The Morgan fingerprint density at radius 3 is 2.73 bits per heavy atom. The summed E-state index contributed by atoms with van der Waals surface area (Å²) >= 11 is 0. The number of aliphatic hydroxyl groups excluding tert-OH is 1. The molecule has 1 aromatic rings. The van der Waals surface area contributed by atoms with E-state index < -0.39 is 53.7 Å². The first-order valence-electron chi connectivity index (χ1n) is 18.6. The normalized spacial score (nSPS) is 42.2. The molecule has 1 spiro atoms. The molecule has 2 bridgehead atoms. The lowest BCUT2D eigenvalue weighted by Gasteiger charge is -2.51. The molecule has 278 valence electrons. The molecule has 3 fully saturated rings. The van der Waals surface area contributed by atoms with E-state index in [1.165, 1.54) is 18.4 Å². The third-order valence-corrected chi connectivity index (χ3v) is 11.6. The largest absolute Gasteiger partial charge is 0.465 e. The van der Waals surface area contributed by atoms with Crippen LogP contribution in [0.15, 0.2) is 76.0 Å². The molecule has 0 aromatic carbocycles. The summed E-state index contributed by atoms with van der Waals surface area (Å²) < 4.78 is 37.3. The Kier molecular flexibility index (Phi) is 11.3. The Morgan fingerprint density at radius 1 is 1.18 bits per heavy atom. The number of allylic oxidation sites excluding steroid dienone is 2. The molecule has 10 nitrogen and oxygen atoms in total. The Balaban J connectivity index is 1.35. The monoisotopic (exact) mass is 706 g/mol. The number of hydrogen-bond acceptors (Lipinski definition) is 10. The summed E-state index contributed by atoms with van der Waals surface area (Å²) in [6, 6.07) is 3.42. The average Bonchev–Trinajstić information content (AvgIpc) is 3.75. The summed E-state index contributed by atoms with van der Waals surface area (Å²) in [6.07, 6.45) is 13.6. The second-order valence-electron chi connectivity index (χ2n) is 15.3. The average molecular weight is 707 g/mol. The van der Waals surface area contributed by atoms with E-state index in [0.717, 1.165) is 18.4 Å². The lowest BCUT2D eigenvalue weighted by atomic mass is 9.70. The van der Waals surface area contributed by atoms with E-state index >= 15 is 0 Å². The maximum atomic E-state index is 14.4. The Hall–Kier alpha value is -3.28. The number of esters is 2. The molecule has 0 unspecified atom stereocenters. The Labute approximate surface area is 301 Å². The van der Waals surface area contributed by atoms with E-state index in [0.29, 0.717) is 54.4 Å². The van der Waals surface area contributed by atoms with Gasteiger partial charge < -0.3 is 38.3 Å². The van der Waals surface area contributed by atoms with Gasteiger partial charge in [-0.1, -0.05) is 64.5 Å². The molecule has 0 saturated carbocycles. The molecule has 2 N–H and O–H groups in total. The van der Waals surface area contributed by atoms with Crippen LogP contribution in [0, 0.1) is 23.7 Å². The van der Waals surface area contributed by atoms with Crippen molar-refractivity contribution in [3.05, 3.63) is 77.3 Å². The summed E-state index contributed by atoms with van der Waals surface area (Å²) in [6.45, 7) is 12.2. The van der Waals surface area contributed by atoms with Crippen LogP contribution in [0.3, 0.4) is 0 Å². The van der Waals surface area contributed by atoms with Gasteiger partial charge in [0.1, 0.15) is 29.5 Å². The minimum absolute atomic E-state index is 0.00532. The molecule has 6 rings (SSSR count). The first kappa shape index (κ1) is 37.5. The maximum absolute atomic E-state index is 14.4. The summed E-state index contributed by atoms with van der Waals surface area (Å²) in [5.41, 5.74) is -0.0327. The van der Waals surface area contributed by atoms with Crippen LogP contribution in [-0.4, -0.2) is 76.8 Å². The highest BCUT2D eigenvalue weighted by atomic mass is 16.7. The van der Waals surface area contributed by atoms with E-state index in [-0.39, 0.29) is 24.7 Å². The molecule has 12 atom stereocenters. The van der Waals surface area contributed by atoms with Crippen molar-refractivity contribution in [3.63, 3.8) is 0 Å². The van der Waals surface area contributed by atoms with Crippen LogP contribution in [0.1, 0.15) is 85.8 Å². The van der Waals surface area contributed by atoms with Gasteiger partial charge in [0.15, 0.2) is 11.9 Å². The first-order valence-corrected chi connectivity index (χ1v) is 18.6. The number of carbonyl (C=O) groups excluding carboxylic acids is 2. The molecule has 1 aromatic heterocycles. The van der Waals surface area contributed by atoms with Crippen molar-refractivity contribution >= 4 is 18.0 Å². The van der Waals surface area contributed by atoms with Crippen molar-refractivity contribution in [1.82, 2.24) is 0 Å². The second-order valence-corrected chi connectivity index (χ2v) is 15.3. The molecular weight excluding hydrogens is 652 g/mol. The second kappa shape index (κ2) is 15.4. The van der Waals surface area contributed by atoms with Crippen molar-refractivity contribution in [2.24, 2.45) is 23.7 Å². The van der Waals surface area contributed by atoms with E-state index in [4.69, 9.17) is 28.1 Å².